The van der Waals surface area contributed by atoms with Gasteiger partial charge in [-0.2, -0.15) is 0 Å². The van der Waals surface area contributed by atoms with Gasteiger partial charge in [0.05, 0.1) is 0 Å². The van der Waals surface area contributed by atoms with E-state index in [4.69, 9.17) is 11.6 Å². The van der Waals surface area contributed by atoms with E-state index < -0.39 is 0 Å². The Morgan fingerprint density at radius 3 is 2.92 bits per heavy atom. The van der Waals surface area contributed by atoms with Crippen molar-refractivity contribution < 1.29 is 0 Å². The lowest BCUT2D eigenvalue weighted by molar-refractivity contribution is 1.29. The first-order chi connectivity index (χ1) is 6.29. The summed E-state index contributed by atoms with van der Waals surface area (Å²) < 4.78 is 0. The highest BCUT2D eigenvalue weighted by atomic mass is 35.5. The Morgan fingerprint density at radius 1 is 1.38 bits per heavy atom. The summed E-state index contributed by atoms with van der Waals surface area (Å²) in [5.74, 6) is 0.861. The maximum absolute atomic E-state index is 5.99. The van der Waals surface area contributed by atoms with Crippen LogP contribution in [0.15, 0.2) is 30.6 Å². The van der Waals surface area contributed by atoms with Gasteiger partial charge in [-0.05, 0) is 18.6 Å². The van der Waals surface area contributed by atoms with E-state index in [1.165, 1.54) is 0 Å². The molecule has 1 aromatic carbocycles. The third-order valence-corrected chi connectivity index (χ3v) is 2.43. The fourth-order valence-electron chi connectivity index (χ4n) is 1.28. The summed E-state index contributed by atoms with van der Waals surface area (Å²) in [7, 11) is 0. The minimum Gasteiger partial charge on any atom is -0.345 e. The Bertz CT molecular complexity index is 407. The summed E-state index contributed by atoms with van der Waals surface area (Å²) in [6.07, 6.45) is 3.53. The molecule has 13 heavy (non-hydrogen) atoms. The van der Waals surface area contributed by atoms with Crippen molar-refractivity contribution in [3.63, 3.8) is 0 Å². The maximum atomic E-state index is 5.99. The number of H-pyrrole nitrogens is 1. The normalized spacial score (nSPS) is 10.3. The van der Waals surface area contributed by atoms with Crippen molar-refractivity contribution in [2.24, 2.45) is 0 Å². The van der Waals surface area contributed by atoms with Crippen LogP contribution in [0.3, 0.4) is 0 Å². The SMILES string of the molecule is Cc1c(Cl)cccc1-c1ncc[nH]1. The second-order valence-corrected chi connectivity index (χ2v) is 3.26. The fourth-order valence-corrected chi connectivity index (χ4v) is 1.45. The molecule has 0 radical (unpaired) electrons. The Kier molecular flexibility index (Phi) is 2.07. The molecule has 0 aliphatic carbocycles. The number of halogens is 1. The van der Waals surface area contributed by atoms with E-state index >= 15 is 0 Å². The van der Waals surface area contributed by atoms with Crippen LogP contribution in [-0.4, -0.2) is 9.97 Å². The van der Waals surface area contributed by atoms with Gasteiger partial charge in [0.25, 0.3) is 0 Å². The third-order valence-electron chi connectivity index (χ3n) is 2.02. The molecule has 0 atom stereocenters. The molecule has 1 N–H and O–H groups in total. The Hall–Kier alpha value is -1.28. The van der Waals surface area contributed by atoms with E-state index in [-0.39, 0.29) is 0 Å². The van der Waals surface area contributed by atoms with Crippen molar-refractivity contribution in [3.8, 4) is 11.4 Å². The maximum Gasteiger partial charge on any atom is 0.137 e. The van der Waals surface area contributed by atoms with Crippen LogP contribution >= 0.6 is 11.6 Å². The van der Waals surface area contributed by atoms with Crippen LogP contribution in [0, 0.1) is 6.92 Å². The number of rotatable bonds is 1. The molecule has 1 aromatic heterocycles. The van der Waals surface area contributed by atoms with Crippen LogP contribution in [0.1, 0.15) is 5.56 Å². The molecule has 0 saturated carbocycles. The second kappa shape index (κ2) is 3.23. The molecule has 0 aliphatic rings. The summed E-state index contributed by atoms with van der Waals surface area (Å²) in [5.41, 5.74) is 2.11. The van der Waals surface area contributed by atoms with Crippen LogP contribution in [0.2, 0.25) is 5.02 Å². The first-order valence-corrected chi connectivity index (χ1v) is 4.41. The summed E-state index contributed by atoms with van der Waals surface area (Å²) in [5, 5.41) is 0.772. The van der Waals surface area contributed by atoms with Crippen molar-refractivity contribution in [1.29, 1.82) is 0 Å². The second-order valence-electron chi connectivity index (χ2n) is 2.85. The molecular formula is C10H9ClN2. The molecule has 0 spiro atoms. The molecule has 2 aromatic rings. The van der Waals surface area contributed by atoms with E-state index in [1.807, 2.05) is 25.1 Å². The lowest BCUT2D eigenvalue weighted by atomic mass is 10.1. The van der Waals surface area contributed by atoms with Crippen LogP contribution in [0.5, 0.6) is 0 Å². The zero-order chi connectivity index (χ0) is 9.26. The van der Waals surface area contributed by atoms with Gasteiger partial charge in [-0.3, -0.25) is 0 Å². The fraction of sp³-hybridized carbons (Fsp3) is 0.100. The molecule has 66 valence electrons. The standard InChI is InChI=1S/C10H9ClN2/c1-7-8(3-2-4-9(7)11)10-12-5-6-13-10/h2-6H,1H3,(H,12,13). The highest BCUT2D eigenvalue weighted by Crippen LogP contribution is 2.25. The predicted molar refractivity (Wildman–Crippen MR) is 53.8 cm³/mol. The smallest absolute Gasteiger partial charge is 0.137 e. The molecule has 0 aliphatic heterocycles. The van der Waals surface area contributed by atoms with E-state index in [1.54, 1.807) is 12.4 Å². The number of imidazole rings is 1. The predicted octanol–water partition coefficient (Wildman–Crippen LogP) is 3.04. The van der Waals surface area contributed by atoms with Gasteiger partial charge in [-0.15, -0.1) is 0 Å². The lowest BCUT2D eigenvalue weighted by Crippen LogP contribution is -1.85. The Morgan fingerprint density at radius 2 is 2.23 bits per heavy atom. The molecular weight excluding hydrogens is 184 g/mol. The van der Waals surface area contributed by atoms with Crippen LogP contribution in [0.4, 0.5) is 0 Å². The lowest BCUT2D eigenvalue weighted by Gasteiger charge is -2.03. The van der Waals surface area contributed by atoms with Gasteiger partial charge in [0.1, 0.15) is 5.82 Å². The zero-order valence-corrected chi connectivity index (χ0v) is 7.97. The summed E-state index contributed by atoms with van der Waals surface area (Å²) >= 11 is 5.99. The van der Waals surface area contributed by atoms with Gasteiger partial charge in [0, 0.05) is 23.0 Å². The number of hydrogen-bond acceptors (Lipinski definition) is 1. The molecule has 3 heteroatoms. The molecule has 0 saturated heterocycles. The van der Waals surface area contributed by atoms with Gasteiger partial charge in [-0.1, -0.05) is 23.7 Å². The molecule has 1 heterocycles. The average Bonchev–Trinajstić information content (AvgIpc) is 2.62. The van der Waals surface area contributed by atoms with E-state index in [2.05, 4.69) is 9.97 Å². The highest BCUT2D eigenvalue weighted by molar-refractivity contribution is 6.31. The number of aromatic nitrogens is 2. The first kappa shape index (κ1) is 8.32. The van der Waals surface area contributed by atoms with E-state index in [9.17, 15) is 0 Å². The number of nitrogens with zero attached hydrogens (tertiary/aromatic N) is 1. The van der Waals surface area contributed by atoms with Gasteiger partial charge in [0.15, 0.2) is 0 Å². The molecule has 0 fully saturated rings. The van der Waals surface area contributed by atoms with E-state index in [0.717, 1.165) is 22.0 Å². The molecule has 0 bridgehead atoms. The number of hydrogen-bond donors (Lipinski definition) is 1. The quantitative estimate of drug-likeness (QED) is 0.739. The van der Waals surface area contributed by atoms with Crippen molar-refractivity contribution >= 4 is 11.6 Å². The minimum absolute atomic E-state index is 0.772. The topological polar surface area (TPSA) is 28.7 Å². The molecule has 2 nitrogen and oxygen atoms in total. The number of aromatic amines is 1. The van der Waals surface area contributed by atoms with Gasteiger partial charge < -0.3 is 4.98 Å². The summed E-state index contributed by atoms with van der Waals surface area (Å²) in [4.78, 5) is 7.23. The molecule has 0 unspecified atom stereocenters. The van der Waals surface area contributed by atoms with Crippen LogP contribution < -0.4 is 0 Å². The third kappa shape index (κ3) is 1.45. The summed E-state index contributed by atoms with van der Waals surface area (Å²) in [6, 6.07) is 5.80. The van der Waals surface area contributed by atoms with Crippen molar-refractivity contribution in [1.82, 2.24) is 9.97 Å². The summed E-state index contributed by atoms with van der Waals surface area (Å²) in [6.45, 7) is 1.99. The van der Waals surface area contributed by atoms with E-state index in [0.29, 0.717) is 0 Å². The Labute approximate surface area is 81.6 Å². The minimum atomic E-state index is 0.772. The first-order valence-electron chi connectivity index (χ1n) is 4.04. The highest BCUT2D eigenvalue weighted by Gasteiger charge is 2.05. The largest absolute Gasteiger partial charge is 0.345 e. The van der Waals surface area contributed by atoms with Crippen LogP contribution in [0.25, 0.3) is 11.4 Å². The Balaban J connectivity index is 2.59. The van der Waals surface area contributed by atoms with Crippen molar-refractivity contribution in [2.75, 3.05) is 0 Å². The monoisotopic (exact) mass is 192 g/mol. The zero-order valence-electron chi connectivity index (χ0n) is 7.21. The van der Waals surface area contributed by atoms with Crippen molar-refractivity contribution in [3.05, 3.63) is 41.2 Å². The average molecular weight is 193 g/mol. The number of benzene rings is 1. The van der Waals surface area contributed by atoms with Gasteiger partial charge >= 0.3 is 0 Å². The van der Waals surface area contributed by atoms with Gasteiger partial charge in [-0.25, -0.2) is 4.98 Å². The van der Waals surface area contributed by atoms with Gasteiger partial charge in [0.2, 0.25) is 0 Å². The number of nitrogens with one attached hydrogen (secondary N) is 1. The molecule has 2 rings (SSSR count). The molecule has 0 amide bonds. The van der Waals surface area contributed by atoms with Crippen molar-refractivity contribution in [2.45, 2.75) is 6.92 Å². The van der Waals surface area contributed by atoms with Crippen LogP contribution in [-0.2, 0) is 0 Å².